The molecule has 1 N–H and O–H groups in total. The monoisotopic (exact) mass is 442 g/mol. The minimum atomic E-state index is -1.33. The highest BCUT2D eigenvalue weighted by Crippen LogP contribution is 2.26. The third kappa shape index (κ3) is 4.58. The number of carbonyl (C=O) groups is 1. The van der Waals surface area contributed by atoms with Crippen molar-refractivity contribution >= 4 is 22.6 Å². The van der Waals surface area contributed by atoms with Gasteiger partial charge in [-0.05, 0) is 48.9 Å². The predicted octanol–water partition coefficient (Wildman–Crippen LogP) is 3.14. The van der Waals surface area contributed by atoms with Crippen LogP contribution in [0.4, 0.5) is 10.1 Å². The second-order valence-electron chi connectivity index (χ2n) is 7.26. The van der Waals surface area contributed by atoms with Gasteiger partial charge in [0.1, 0.15) is 16.8 Å². The number of hydrogen-bond acceptors (Lipinski definition) is 4. The summed E-state index contributed by atoms with van der Waals surface area (Å²) in [5.41, 5.74) is 3.06. The molecule has 1 fully saturated rings. The van der Waals surface area contributed by atoms with Crippen LogP contribution >= 0.6 is 0 Å². The number of aryl methyl sites for hydroxylation is 2. The molecule has 2 aromatic carbocycles. The number of anilines is 1. The van der Waals surface area contributed by atoms with Crippen LogP contribution in [-0.4, -0.2) is 50.5 Å². The second kappa shape index (κ2) is 9.09. The number of rotatable bonds is 5. The molecule has 2 heterocycles. The largest absolute Gasteiger partial charge is 0.379 e. The van der Waals surface area contributed by atoms with Gasteiger partial charge in [-0.25, -0.2) is 12.9 Å². The van der Waals surface area contributed by atoms with Gasteiger partial charge in [-0.3, -0.25) is 9.48 Å². The summed E-state index contributed by atoms with van der Waals surface area (Å²) in [6, 6.07) is 11.3. The van der Waals surface area contributed by atoms with Crippen molar-refractivity contribution in [2.75, 3.05) is 31.6 Å². The van der Waals surface area contributed by atoms with Crippen molar-refractivity contribution in [2.45, 2.75) is 11.8 Å². The second-order valence-corrected chi connectivity index (χ2v) is 8.72. The van der Waals surface area contributed by atoms with Crippen LogP contribution in [0.2, 0.25) is 0 Å². The average molecular weight is 443 g/mol. The highest BCUT2D eigenvalue weighted by atomic mass is 32.2. The van der Waals surface area contributed by atoms with Crippen molar-refractivity contribution in [3.05, 3.63) is 65.6 Å². The number of morpholine rings is 1. The molecule has 9 heteroatoms. The lowest BCUT2D eigenvalue weighted by Gasteiger charge is -2.26. The maximum absolute atomic E-state index is 13.3. The van der Waals surface area contributed by atoms with Gasteiger partial charge < -0.3 is 10.1 Å². The fraction of sp³-hybridized carbons (Fsp3) is 0.273. The van der Waals surface area contributed by atoms with Crippen LogP contribution in [0.1, 0.15) is 15.9 Å². The van der Waals surface area contributed by atoms with E-state index >= 15 is 0 Å². The van der Waals surface area contributed by atoms with Gasteiger partial charge in [0.05, 0.1) is 35.6 Å². The maximum Gasteiger partial charge on any atom is 0.259 e. The summed E-state index contributed by atoms with van der Waals surface area (Å²) in [7, 11) is 0.394. The molecular weight excluding hydrogens is 419 g/mol. The van der Waals surface area contributed by atoms with E-state index in [1.807, 2.05) is 17.3 Å². The first-order chi connectivity index (χ1) is 14.9. The molecule has 4 rings (SSSR count). The lowest BCUT2D eigenvalue weighted by atomic mass is 10.1. The standard InChI is InChI=1S/C22H23FN4O3S/c1-15-3-8-18(13-20(15)31(29)27-9-11-30-12-10-27)25-22(28)19-14-24-26(2)21(19)16-4-6-17(23)7-5-16/h3-8,13-14H,9-12H2,1-2H3,(H,25,28). The van der Waals surface area contributed by atoms with Crippen LogP contribution in [0.15, 0.2) is 53.6 Å². The minimum Gasteiger partial charge on any atom is -0.379 e. The summed E-state index contributed by atoms with van der Waals surface area (Å²) in [6.45, 7) is 4.19. The van der Waals surface area contributed by atoms with Crippen molar-refractivity contribution in [1.82, 2.24) is 14.1 Å². The van der Waals surface area contributed by atoms with E-state index in [9.17, 15) is 13.4 Å². The molecule has 0 saturated carbocycles. The molecule has 7 nitrogen and oxygen atoms in total. The summed E-state index contributed by atoms with van der Waals surface area (Å²) in [4.78, 5) is 13.7. The van der Waals surface area contributed by atoms with Gasteiger partial charge in [0.15, 0.2) is 0 Å². The van der Waals surface area contributed by atoms with E-state index in [1.54, 1.807) is 36.0 Å². The Kier molecular flexibility index (Phi) is 6.26. The third-order valence-corrected chi connectivity index (χ3v) is 6.79. The third-order valence-electron chi connectivity index (χ3n) is 5.14. The quantitative estimate of drug-likeness (QED) is 0.659. The number of aromatic nitrogens is 2. The number of nitrogens with zero attached hydrogens (tertiary/aromatic N) is 3. The summed E-state index contributed by atoms with van der Waals surface area (Å²) in [5, 5.41) is 7.07. The van der Waals surface area contributed by atoms with E-state index in [0.717, 1.165) is 5.56 Å². The molecule has 0 aliphatic carbocycles. The van der Waals surface area contributed by atoms with Crippen molar-refractivity contribution in [3.8, 4) is 11.3 Å². The van der Waals surface area contributed by atoms with Crippen LogP contribution in [0.25, 0.3) is 11.3 Å². The van der Waals surface area contributed by atoms with Gasteiger partial charge in [0.25, 0.3) is 5.91 Å². The molecule has 162 valence electrons. The Morgan fingerprint density at radius 2 is 1.87 bits per heavy atom. The molecule has 1 unspecified atom stereocenters. The molecule has 0 spiro atoms. The Hall–Kier alpha value is -2.88. The zero-order chi connectivity index (χ0) is 22.0. The van der Waals surface area contributed by atoms with Crippen LogP contribution in [-0.2, 0) is 22.8 Å². The van der Waals surface area contributed by atoms with E-state index in [0.29, 0.717) is 53.7 Å². The highest BCUT2D eigenvalue weighted by Gasteiger charge is 2.22. The smallest absolute Gasteiger partial charge is 0.259 e. The molecule has 0 bridgehead atoms. The number of hydrogen-bond donors (Lipinski definition) is 1. The van der Waals surface area contributed by atoms with Gasteiger partial charge >= 0.3 is 0 Å². The van der Waals surface area contributed by atoms with Crippen LogP contribution in [0, 0.1) is 12.7 Å². The number of ether oxygens (including phenoxy) is 1. The first kappa shape index (κ1) is 21.4. The van der Waals surface area contributed by atoms with Crippen molar-refractivity contribution in [2.24, 2.45) is 7.05 Å². The van der Waals surface area contributed by atoms with Crippen LogP contribution in [0.3, 0.4) is 0 Å². The van der Waals surface area contributed by atoms with Gasteiger partial charge in [-0.1, -0.05) is 6.07 Å². The topological polar surface area (TPSA) is 76.5 Å². The van der Waals surface area contributed by atoms with E-state index in [2.05, 4.69) is 10.4 Å². The fourth-order valence-corrected chi connectivity index (χ4v) is 4.80. The normalized spacial score (nSPS) is 15.6. The first-order valence-electron chi connectivity index (χ1n) is 9.88. The molecule has 1 aliphatic rings. The predicted molar refractivity (Wildman–Crippen MR) is 117 cm³/mol. The van der Waals surface area contributed by atoms with Crippen molar-refractivity contribution in [3.63, 3.8) is 0 Å². The molecule has 1 amide bonds. The number of halogens is 1. The highest BCUT2D eigenvalue weighted by molar-refractivity contribution is 7.82. The average Bonchev–Trinajstić information content (AvgIpc) is 3.17. The molecule has 3 aromatic rings. The van der Waals surface area contributed by atoms with Crippen LogP contribution in [0.5, 0.6) is 0 Å². The number of nitrogens with one attached hydrogen (secondary N) is 1. The minimum absolute atomic E-state index is 0.348. The Balaban J connectivity index is 1.58. The summed E-state index contributed by atoms with van der Waals surface area (Å²) in [5.74, 6) is -0.697. The number of carbonyl (C=O) groups excluding carboxylic acids is 1. The van der Waals surface area contributed by atoms with E-state index < -0.39 is 11.0 Å². The maximum atomic E-state index is 13.3. The van der Waals surface area contributed by atoms with Crippen molar-refractivity contribution in [1.29, 1.82) is 0 Å². The van der Waals surface area contributed by atoms with E-state index in [-0.39, 0.29) is 11.7 Å². The van der Waals surface area contributed by atoms with Gasteiger partial charge in [-0.2, -0.15) is 5.10 Å². The zero-order valence-corrected chi connectivity index (χ0v) is 18.1. The molecular formula is C22H23FN4O3S. The Labute approximate surface area is 182 Å². The Morgan fingerprint density at radius 3 is 2.58 bits per heavy atom. The molecule has 0 radical (unpaired) electrons. The lowest BCUT2D eigenvalue weighted by molar-refractivity contribution is 0.0752. The summed E-state index contributed by atoms with van der Waals surface area (Å²) < 4.78 is 35.1. The van der Waals surface area contributed by atoms with Crippen LogP contribution < -0.4 is 5.32 Å². The van der Waals surface area contributed by atoms with E-state index in [4.69, 9.17) is 4.74 Å². The number of benzene rings is 2. The molecule has 1 saturated heterocycles. The fourth-order valence-electron chi connectivity index (χ4n) is 3.47. The molecule has 1 aliphatic heterocycles. The molecule has 1 aromatic heterocycles. The van der Waals surface area contributed by atoms with Gasteiger partial charge in [0, 0.05) is 31.4 Å². The first-order valence-corrected chi connectivity index (χ1v) is 11.0. The number of amides is 1. The molecule has 31 heavy (non-hydrogen) atoms. The van der Waals surface area contributed by atoms with E-state index in [1.165, 1.54) is 18.3 Å². The van der Waals surface area contributed by atoms with Crippen molar-refractivity contribution < 1.29 is 18.1 Å². The summed E-state index contributed by atoms with van der Waals surface area (Å²) >= 11 is 0. The van der Waals surface area contributed by atoms with Gasteiger partial charge in [-0.15, -0.1) is 0 Å². The van der Waals surface area contributed by atoms with Gasteiger partial charge in [0.2, 0.25) is 0 Å². The Morgan fingerprint density at radius 1 is 1.16 bits per heavy atom. The SMILES string of the molecule is Cc1ccc(NC(=O)c2cnn(C)c2-c2ccc(F)cc2)cc1S(=O)N1CCOCC1. The summed E-state index contributed by atoms with van der Waals surface area (Å²) in [6.07, 6.45) is 1.48. The Bertz CT molecular complexity index is 1120. The molecule has 1 atom stereocenters. The lowest BCUT2D eigenvalue weighted by Crippen LogP contribution is -2.37. The zero-order valence-electron chi connectivity index (χ0n) is 17.3.